The lowest BCUT2D eigenvalue weighted by Crippen LogP contribution is -2.37. The van der Waals surface area contributed by atoms with E-state index in [1.54, 1.807) is 26.0 Å². The Morgan fingerprint density at radius 2 is 1.89 bits per heavy atom. The summed E-state index contributed by atoms with van der Waals surface area (Å²) >= 11 is -2.39. The van der Waals surface area contributed by atoms with Crippen LogP contribution in [0.4, 0.5) is 0 Å². The molecule has 0 bridgehead atoms. The number of carboxylic acid groups (broad SMARTS) is 1. The zero-order valence-electron chi connectivity index (χ0n) is 10.4. The Morgan fingerprint density at radius 1 is 1.33 bits per heavy atom. The lowest BCUT2D eigenvalue weighted by molar-refractivity contribution is -0.142. The summed E-state index contributed by atoms with van der Waals surface area (Å²) in [5.74, 6) is -2.21. The van der Waals surface area contributed by atoms with E-state index < -0.39 is 28.2 Å². The number of rotatable bonds is 6. The molecule has 0 amide bonds. The van der Waals surface area contributed by atoms with Crippen molar-refractivity contribution in [3.05, 3.63) is 35.9 Å². The average Bonchev–Trinajstić information content (AvgIpc) is 2.28. The van der Waals surface area contributed by atoms with Gasteiger partial charge >= 0.3 is 5.97 Å². The summed E-state index contributed by atoms with van der Waals surface area (Å²) in [6, 6.07) is 9.08. The van der Waals surface area contributed by atoms with Gasteiger partial charge in [0.15, 0.2) is 0 Å². The number of carboxylic acids is 1. The molecule has 5 heteroatoms. The summed E-state index contributed by atoms with van der Waals surface area (Å²) in [6.07, 6.45) is 0.229. The first kappa shape index (κ1) is 14.9. The molecule has 4 nitrogen and oxygen atoms in total. The molecule has 0 fully saturated rings. The van der Waals surface area contributed by atoms with Gasteiger partial charge in [0.2, 0.25) is 0 Å². The Hall–Kier alpha value is -1.20. The van der Waals surface area contributed by atoms with Crippen LogP contribution in [0.25, 0.3) is 0 Å². The highest BCUT2D eigenvalue weighted by Crippen LogP contribution is 2.22. The van der Waals surface area contributed by atoms with Gasteiger partial charge in [-0.25, -0.2) is 0 Å². The predicted molar refractivity (Wildman–Crippen MR) is 68.8 cm³/mol. The predicted octanol–water partition coefficient (Wildman–Crippen LogP) is 1.83. The van der Waals surface area contributed by atoms with Crippen molar-refractivity contribution in [3.63, 3.8) is 0 Å². The molecule has 0 aliphatic heterocycles. The largest absolute Gasteiger partial charge is 0.772 e. The maximum absolute atomic E-state index is 11.3. The van der Waals surface area contributed by atoms with E-state index in [9.17, 15) is 18.7 Å². The summed E-state index contributed by atoms with van der Waals surface area (Å²) in [5, 5.41) is 8.36. The lowest BCUT2D eigenvalue weighted by atomic mass is 9.90. The fourth-order valence-electron chi connectivity index (χ4n) is 2.03. The van der Waals surface area contributed by atoms with Gasteiger partial charge in [-0.3, -0.25) is 9.00 Å². The van der Waals surface area contributed by atoms with Crippen LogP contribution < -0.4 is 0 Å². The van der Waals surface area contributed by atoms with Gasteiger partial charge < -0.3 is 9.66 Å². The van der Waals surface area contributed by atoms with Crippen molar-refractivity contribution in [2.75, 3.05) is 0 Å². The standard InChI is InChI=1S/C13H18O4S/c1-9(2)12(18(16)17)11(13(14)15)8-10-6-4-3-5-7-10/h3-7,9,11-12H,8H2,1-2H3,(H,14,15)(H,16,17)/p-1. The summed E-state index contributed by atoms with van der Waals surface area (Å²) in [7, 11) is 0. The molecule has 0 radical (unpaired) electrons. The van der Waals surface area contributed by atoms with Crippen LogP contribution in [0, 0.1) is 11.8 Å². The molecule has 1 aromatic rings. The smallest absolute Gasteiger partial charge is 0.308 e. The Morgan fingerprint density at radius 3 is 2.28 bits per heavy atom. The average molecular weight is 269 g/mol. The number of hydrogen-bond donors (Lipinski definition) is 1. The van der Waals surface area contributed by atoms with E-state index in [-0.39, 0.29) is 12.3 Å². The molecule has 0 aromatic heterocycles. The van der Waals surface area contributed by atoms with Crippen molar-refractivity contribution in [1.29, 1.82) is 0 Å². The zero-order valence-corrected chi connectivity index (χ0v) is 11.2. The second kappa shape index (κ2) is 6.66. The van der Waals surface area contributed by atoms with Crippen molar-refractivity contribution in [3.8, 4) is 0 Å². The van der Waals surface area contributed by atoms with Gasteiger partial charge in [-0.2, -0.15) is 0 Å². The molecule has 1 rings (SSSR count). The van der Waals surface area contributed by atoms with E-state index in [0.29, 0.717) is 0 Å². The topological polar surface area (TPSA) is 77.4 Å². The third-order valence-electron chi connectivity index (χ3n) is 2.89. The van der Waals surface area contributed by atoms with Crippen LogP contribution in [0.1, 0.15) is 19.4 Å². The highest BCUT2D eigenvalue weighted by Gasteiger charge is 2.31. The first-order chi connectivity index (χ1) is 8.43. The molecule has 0 saturated heterocycles. The quantitative estimate of drug-likeness (QED) is 0.799. The summed E-state index contributed by atoms with van der Waals surface area (Å²) in [4.78, 5) is 11.3. The van der Waals surface area contributed by atoms with Crippen molar-refractivity contribution in [2.45, 2.75) is 25.5 Å². The molecule has 1 aromatic carbocycles. The molecular formula is C13H17O4S-. The molecule has 0 spiro atoms. The third-order valence-corrected chi connectivity index (χ3v) is 4.21. The summed E-state index contributed by atoms with van der Waals surface area (Å²) < 4.78 is 22.4. The SMILES string of the molecule is CC(C)C(C(Cc1ccccc1)C(=O)O)S(=O)[O-]. The minimum atomic E-state index is -2.39. The summed E-state index contributed by atoms with van der Waals surface area (Å²) in [5.41, 5.74) is 0.834. The normalized spacial score (nSPS) is 16.2. The van der Waals surface area contributed by atoms with E-state index in [1.807, 2.05) is 18.2 Å². The molecule has 3 atom stereocenters. The van der Waals surface area contributed by atoms with E-state index in [4.69, 9.17) is 0 Å². The third kappa shape index (κ3) is 3.92. The fraction of sp³-hybridized carbons (Fsp3) is 0.462. The van der Waals surface area contributed by atoms with Crippen molar-refractivity contribution >= 4 is 17.0 Å². The maximum atomic E-state index is 11.3. The van der Waals surface area contributed by atoms with Gasteiger partial charge in [-0.05, 0) is 17.9 Å². The molecule has 18 heavy (non-hydrogen) atoms. The minimum absolute atomic E-state index is 0.229. The van der Waals surface area contributed by atoms with Gasteiger partial charge in [0.1, 0.15) is 0 Å². The van der Waals surface area contributed by atoms with Crippen LogP contribution in [0.15, 0.2) is 30.3 Å². The van der Waals surface area contributed by atoms with E-state index in [2.05, 4.69) is 0 Å². The number of aliphatic carboxylic acids is 1. The van der Waals surface area contributed by atoms with Crippen molar-refractivity contribution in [1.82, 2.24) is 0 Å². The molecule has 1 N–H and O–H groups in total. The van der Waals surface area contributed by atoms with Crippen LogP contribution >= 0.6 is 0 Å². The monoisotopic (exact) mass is 269 g/mol. The molecule has 3 unspecified atom stereocenters. The lowest BCUT2D eigenvalue weighted by Gasteiger charge is -2.29. The van der Waals surface area contributed by atoms with Gasteiger partial charge in [-0.15, -0.1) is 0 Å². The van der Waals surface area contributed by atoms with E-state index in [0.717, 1.165) is 5.56 Å². The molecule has 0 saturated carbocycles. The zero-order chi connectivity index (χ0) is 13.7. The molecule has 0 aliphatic rings. The number of benzene rings is 1. The fourth-order valence-corrected chi connectivity index (χ4v) is 2.96. The van der Waals surface area contributed by atoms with Crippen LogP contribution in [0.2, 0.25) is 0 Å². The highest BCUT2D eigenvalue weighted by atomic mass is 32.2. The maximum Gasteiger partial charge on any atom is 0.308 e. The first-order valence-electron chi connectivity index (χ1n) is 5.78. The molecular weight excluding hydrogens is 252 g/mol. The van der Waals surface area contributed by atoms with Gasteiger partial charge in [0, 0.05) is 5.25 Å². The molecule has 0 heterocycles. The Balaban J connectivity index is 2.95. The molecule has 100 valence electrons. The van der Waals surface area contributed by atoms with Crippen molar-refractivity contribution in [2.24, 2.45) is 11.8 Å². The Bertz CT molecular complexity index is 416. The van der Waals surface area contributed by atoms with Gasteiger partial charge in [0.05, 0.1) is 5.92 Å². The van der Waals surface area contributed by atoms with Crippen LogP contribution in [0.5, 0.6) is 0 Å². The highest BCUT2D eigenvalue weighted by molar-refractivity contribution is 7.79. The van der Waals surface area contributed by atoms with Crippen LogP contribution in [-0.4, -0.2) is 25.1 Å². The number of carbonyl (C=O) groups is 1. The Labute approximate surface area is 109 Å². The Kier molecular flexibility index (Phi) is 5.50. The number of hydrogen-bond acceptors (Lipinski definition) is 3. The van der Waals surface area contributed by atoms with E-state index >= 15 is 0 Å². The molecule has 0 aliphatic carbocycles. The van der Waals surface area contributed by atoms with Gasteiger partial charge in [0.25, 0.3) is 0 Å². The summed E-state index contributed by atoms with van der Waals surface area (Å²) in [6.45, 7) is 3.45. The van der Waals surface area contributed by atoms with Crippen molar-refractivity contribution < 1.29 is 18.7 Å². The minimum Gasteiger partial charge on any atom is -0.772 e. The second-order valence-electron chi connectivity index (χ2n) is 4.60. The van der Waals surface area contributed by atoms with E-state index in [1.165, 1.54) is 0 Å². The van der Waals surface area contributed by atoms with Crippen LogP contribution in [0.3, 0.4) is 0 Å². The van der Waals surface area contributed by atoms with Crippen LogP contribution in [-0.2, 0) is 22.3 Å². The first-order valence-corrected chi connectivity index (χ1v) is 6.92. The second-order valence-corrected chi connectivity index (χ2v) is 5.67. The van der Waals surface area contributed by atoms with Gasteiger partial charge in [-0.1, -0.05) is 55.3 Å².